The van der Waals surface area contributed by atoms with Crippen molar-refractivity contribution in [2.45, 2.75) is 6.54 Å². The standard InChI is InChI=1S/C12H7IN4/c13-10-3-1-2-9(4-10)7-17-8-16-11(5-14)12(17)6-15/h1-4,8H,7H2. The van der Waals surface area contributed by atoms with Crippen molar-refractivity contribution in [2.24, 2.45) is 0 Å². The zero-order chi connectivity index (χ0) is 12.3. The van der Waals surface area contributed by atoms with Crippen molar-refractivity contribution in [1.82, 2.24) is 9.55 Å². The molecule has 17 heavy (non-hydrogen) atoms. The molecule has 5 heteroatoms. The smallest absolute Gasteiger partial charge is 0.176 e. The van der Waals surface area contributed by atoms with Crippen LogP contribution in [0.1, 0.15) is 17.0 Å². The molecule has 0 saturated heterocycles. The molecule has 4 nitrogen and oxygen atoms in total. The van der Waals surface area contributed by atoms with E-state index in [9.17, 15) is 0 Å². The maximum absolute atomic E-state index is 8.99. The van der Waals surface area contributed by atoms with Crippen LogP contribution in [0.25, 0.3) is 0 Å². The molecule has 0 aliphatic carbocycles. The molecular formula is C12H7IN4. The molecule has 0 N–H and O–H groups in total. The monoisotopic (exact) mass is 334 g/mol. The summed E-state index contributed by atoms with van der Waals surface area (Å²) in [5.74, 6) is 0. The van der Waals surface area contributed by atoms with Crippen LogP contribution in [0.15, 0.2) is 30.6 Å². The molecule has 0 amide bonds. The van der Waals surface area contributed by atoms with Crippen LogP contribution >= 0.6 is 22.6 Å². The molecule has 0 radical (unpaired) electrons. The fourth-order valence-electron chi connectivity index (χ4n) is 1.53. The van der Waals surface area contributed by atoms with Gasteiger partial charge < -0.3 is 4.57 Å². The number of hydrogen-bond donors (Lipinski definition) is 0. The number of halogens is 1. The minimum atomic E-state index is 0.179. The van der Waals surface area contributed by atoms with Gasteiger partial charge in [-0.3, -0.25) is 0 Å². The third kappa shape index (κ3) is 2.45. The molecule has 82 valence electrons. The summed E-state index contributed by atoms with van der Waals surface area (Å²) in [5.41, 5.74) is 1.57. The molecule has 0 spiro atoms. The fourth-order valence-corrected chi connectivity index (χ4v) is 2.14. The van der Waals surface area contributed by atoms with Crippen molar-refractivity contribution < 1.29 is 0 Å². The molecule has 0 saturated carbocycles. The highest BCUT2D eigenvalue weighted by Crippen LogP contribution is 2.12. The van der Waals surface area contributed by atoms with E-state index >= 15 is 0 Å². The molecule has 0 aliphatic rings. The Labute approximate surface area is 112 Å². The van der Waals surface area contributed by atoms with Gasteiger partial charge in [0.25, 0.3) is 0 Å². The lowest BCUT2D eigenvalue weighted by Crippen LogP contribution is -2.01. The van der Waals surface area contributed by atoms with E-state index < -0.39 is 0 Å². The number of nitriles is 2. The van der Waals surface area contributed by atoms with Gasteiger partial charge in [-0.15, -0.1) is 0 Å². The Bertz CT molecular complexity index is 631. The van der Waals surface area contributed by atoms with Crippen molar-refractivity contribution >= 4 is 22.6 Å². The largest absolute Gasteiger partial charge is 0.317 e. The van der Waals surface area contributed by atoms with Gasteiger partial charge in [-0.25, -0.2) is 4.98 Å². The normalized spacial score (nSPS) is 9.59. The van der Waals surface area contributed by atoms with Gasteiger partial charge in [0.05, 0.1) is 6.33 Å². The summed E-state index contributed by atoms with van der Waals surface area (Å²) in [7, 11) is 0. The average molecular weight is 334 g/mol. The van der Waals surface area contributed by atoms with E-state index in [1.54, 1.807) is 4.57 Å². The summed E-state index contributed by atoms with van der Waals surface area (Å²) >= 11 is 2.24. The van der Waals surface area contributed by atoms with Crippen LogP contribution in [0.4, 0.5) is 0 Å². The van der Waals surface area contributed by atoms with E-state index in [1.807, 2.05) is 36.4 Å². The second-order valence-corrected chi connectivity index (χ2v) is 4.67. The first kappa shape index (κ1) is 11.6. The quantitative estimate of drug-likeness (QED) is 0.792. The summed E-state index contributed by atoms with van der Waals surface area (Å²) in [5, 5.41) is 17.8. The van der Waals surface area contributed by atoms with Crippen LogP contribution in [0.5, 0.6) is 0 Å². The first-order chi connectivity index (χ1) is 8.24. The van der Waals surface area contributed by atoms with Gasteiger partial charge in [0.2, 0.25) is 0 Å². The van der Waals surface area contributed by atoms with Gasteiger partial charge in [-0.1, -0.05) is 12.1 Å². The molecule has 0 unspecified atom stereocenters. The van der Waals surface area contributed by atoms with E-state index in [2.05, 4.69) is 27.6 Å². The predicted molar refractivity (Wildman–Crippen MR) is 69.9 cm³/mol. The first-order valence-electron chi connectivity index (χ1n) is 4.84. The van der Waals surface area contributed by atoms with Crippen LogP contribution in [-0.4, -0.2) is 9.55 Å². The highest BCUT2D eigenvalue weighted by atomic mass is 127. The lowest BCUT2D eigenvalue weighted by atomic mass is 10.2. The molecule has 2 aromatic rings. The van der Waals surface area contributed by atoms with Crippen LogP contribution in [0.2, 0.25) is 0 Å². The number of hydrogen-bond acceptors (Lipinski definition) is 3. The maximum Gasteiger partial charge on any atom is 0.176 e. The second-order valence-electron chi connectivity index (χ2n) is 3.42. The Morgan fingerprint density at radius 2 is 2.12 bits per heavy atom. The lowest BCUT2D eigenvalue weighted by molar-refractivity contribution is 0.785. The van der Waals surface area contributed by atoms with Gasteiger partial charge in [-0.2, -0.15) is 10.5 Å². The number of imidazole rings is 1. The van der Waals surface area contributed by atoms with E-state index in [0.717, 1.165) is 9.13 Å². The van der Waals surface area contributed by atoms with Crippen molar-refractivity contribution in [3.8, 4) is 12.1 Å². The van der Waals surface area contributed by atoms with Crippen molar-refractivity contribution in [3.63, 3.8) is 0 Å². The molecule has 1 aromatic carbocycles. The molecule has 2 rings (SSSR count). The Morgan fingerprint density at radius 1 is 1.29 bits per heavy atom. The van der Waals surface area contributed by atoms with Gasteiger partial charge in [0, 0.05) is 10.1 Å². The molecule has 1 aromatic heterocycles. The molecule has 0 aliphatic heterocycles. The van der Waals surface area contributed by atoms with Crippen LogP contribution in [0, 0.1) is 26.2 Å². The van der Waals surface area contributed by atoms with Crippen molar-refractivity contribution in [2.75, 3.05) is 0 Å². The lowest BCUT2D eigenvalue weighted by Gasteiger charge is -2.04. The summed E-state index contributed by atoms with van der Waals surface area (Å²) < 4.78 is 2.82. The minimum Gasteiger partial charge on any atom is -0.317 e. The minimum absolute atomic E-state index is 0.179. The predicted octanol–water partition coefficient (Wildman–Crippen LogP) is 2.28. The van der Waals surface area contributed by atoms with Crippen molar-refractivity contribution in [1.29, 1.82) is 10.5 Å². The van der Waals surface area contributed by atoms with E-state index in [1.165, 1.54) is 6.33 Å². The average Bonchev–Trinajstić information content (AvgIpc) is 2.71. The first-order valence-corrected chi connectivity index (χ1v) is 5.92. The summed E-state index contributed by atoms with van der Waals surface area (Å²) in [6.07, 6.45) is 1.52. The zero-order valence-electron chi connectivity index (χ0n) is 8.76. The van der Waals surface area contributed by atoms with Crippen LogP contribution < -0.4 is 0 Å². The second kappa shape index (κ2) is 4.98. The summed E-state index contributed by atoms with van der Waals surface area (Å²) in [6.45, 7) is 0.550. The maximum atomic E-state index is 8.99. The van der Waals surface area contributed by atoms with E-state index in [4.69, 9.17) is 10.5 Å². The molecule has 0 bridgehead atoms. The fraction of sp³-hybridized carbons (Fsp3) is 0.0833. The van der Waals surface area contributed by atoms with Gasteiger partial charge in [0.1, 0.15) is 12.1 Å². The third-order valence-electron chi connectivity index (χ3n) is 2.29. The third-order valence-corrected chi connectivity index (χ3v) is 2.96. The Kier molecular flexibility index (Phi) is 3.40. The number of aromatic nitrogens is 2. The Balaban J connectivity index is 2.35. The molecule has 1 heterocycles. The number of nitrogens with zero attached hydrogens (tertiary/aromatic N) is 4. The SMILES string of the molecule is N#Cc1ncn(Cc2cccc(I)c2)c1C#N. The van der Waals surface area contributed by atoms with E-state index in [-0.39, 0.29) is 5.69 Å². The van der Waals surface area contributed by atoms with Crippen LogP contribution in [0.3, 0.4) is 0 Å². The van der Waals surface area contributed by atoms with Gasteiger partial charge in [-0.05, 0) is 40.3 Å². The highest BCUT2D eigenvalue weighted by Gasteiger charge is 2.09. The number of benzene rings is 1. The Hall–Kier alpha value is -1.86. The molecule has 0 fully saturated rings. The zero-order valence-corrected chi connectivity index (χ0v) is 10.9. The van der Waals surface area contributed by atoms with E-state index in [0.29, 0.717) is 12.2 Å². The molecule has 0 atom stereocenters. The van der Waals surface area contributed by atoms with Gasteiger partial charge >= 0.3 is 0 Å². The summed E-state index contributed by atoms with van der Waals surface area (Å²) in [6, 6.07) is 11.9. The highest BCUT2D eigenvalue weighted by molar-refractivity contribution is 14.1. The topological polar surface area (TPSA) is 65.4 Å². The van der Waals surface area contributed by atoms with Gasteiger partial charge in [0.15, 0.2) is 11.4 Å². The van der Waals surface area contributed by atoms with Crippen molar-refractivity contribution in [3.05, 3.63) is 51.1 Å². The molecular weight excluding hydrogens is 327 g/mol. The Morgan fingerprint density at radius 3 is 2.76 bits per heavy atom. The summed E-state index contributed by atoms with van der Waals surface area (Å²) in [4.78, 5) is 3.90. The number of rotatable bonds is 2. The van der Waals surface area contributed by atoms with Crippen LogP contribution in [-0.2, 0) is 6.54 Å².